The summed E-state index contributed by atoms with van der Waals surface area (Å²) in [5, 5.41) is 0. The molecule has 0 N–H and O–H groups in total. The Morgan fingerprint density at radius 3 is 1.11 bits per heavy atom. The Hall–Kier alpha value is -3.41. The molecular formula is C57H96O6. The van der Waals surface area contributed by atoms with E-state index < -0.39 is 6.10 Å². The van der Waals surface area contributed by atoms with Crippen LogP contribution < -0.4 is 0 Å². The zero-order chi connectivity index (χ0) is 45.8. The molecule has 0 fully saturated rings. The molecule has 1 atom stereocenters. The third-order valence-corrected chi connectivity index (χ3v) is 11.0. The highest BCUT2D eigenvalue weighted by molar-refractivity contribution is 5.71. The molecule has 0 saturated heterocycles. The molecular weight excluding hydrogens is 781 g/mol. The Labute approximate surface area is 388 Å². The summed E-state index contributed by atoms with van der Waals surface area (Å²) in [6.07, 6.45) is 65.5. The second kappa shape index (κ2) is 51.2. The quantitative estimate of drug-likeness (QED) is 0.0199. The second-order valence-corrected chi connectivity index (χ2v) is 17.2. The van der Waals surface area contributed by atoms with Gasteiger partial charge in [-0.15, -0.1) is 0 Å². The number of carbonyl (C=O) groups excluding carboxylic acids is 3. The highest BCUT2D eigenvalue weighted by Crippen LogP contribution is 2.14. The van der Waals surface area contributed by atoms with E-state index in [0.29, 0.717) is 19.3 Å². The Morgan fingerprint density at radius 2 is 0.667 bits per heavy atom. The maximum Gasteiger partial charge on any atom is 0.306 e. The van der Waals surface area contributed by atoms with Crippen LogP contribution >= 0.6 is 0 Å². The number of esters is 3. The van der Waals surface area contributed by atoms with Crippen LogP contribution in [0.3, 0.4) is 0 Å². The molecule has 0 rings (SSSR count). The molecule has 0 aliphatic heterocycles. The first-order valence-corrected chi connectivity index (χ1v) is 26.2. The summed E-state index contributed by atoms with van der Waals surface area (Å²) in [5.41, 5.74) is 0. The molecule has 0 amide bonds. The van der Waals surface area contributed by atoms with E-state index in [9.17, 15) is 14.4 Å². The molecule has 360 valence electrons. The lowest BCUT2D eigenvalue weighted by atomic mass is 10.1. The van der Waals surface area contributed by atoms with Crippen LogP contribution in [0.1, 0.15) is 239 Å². The number of rotatable bonds is 46. The minimum atomic E-state index is -0.789. The molecule has 6 heteroatoms. The van der Waals surface area contributed by atoms with Crippen molar-refractivity contribution in [2.75, 3.05) is 13.2 Å². The summed E-state index contributed by atoms with van der Waals surface area (Å²) in [6.45, 7) is 6.48. The van der Waals surface area contributed by atoms with E-state index >= 15 is 0 Å². The minimum absolute atomic E-state index is 0.0875. The molecule has 0 aromatic heterocycles. The van der Waals surface area contributed by atoms with Gasteiger partial charge in [-0.05, 0) is 70.6 Å². The largest absolute Gasteiger partial charge is 0.462 e. The van der Waals surface area contributed by atoms with Gasteiger partial charge in [-0.1, -0.05) is 234 Å². The van der Waals surface area contributed by atoms with Crippen molar-refractivity contribution in [1.82, 2.24) is 0 Å². The van der Waals surface area contributed by atoms with Gasteiger partial charge in [0.05, 0.1) is 0 Å². The fraction of sp³-hybridized carbons (Fsp3) is 0.702. The van der Waals surface area contributed by atoms with Crippen LogP contribution in [-0.4, -0.2) is 37.2 Å². The summed E-state index contributed by atoms with van der Waals surface area (Å²) in [6, 6.07) is 0. The Kier molecular flexibility index (Phi) is 48.5. The summed E-state index contributed by atoms with van der Waals surface area (Å²) < 4.78 is 16.8. The lowest BCUT2D eigenvalue weighted by Gasteiger charge is -2.18. The zero-order valence-corrected chi connectivity index (χ0v) is 41.1. The number of unbranched alkanes of at least 4 members (excludes halogenated alkanes) is 25. The monoisotopic (exact) mass is 877 g/mol. The standard InChI is InChI=1S/C57H96O6/c1-4-7-10-13-16-19-22-24-26-28-30-31-33-35-38-41-44-47-50-56(59)62-53-54(52-61-55(58)49-46-43-40-37-21-18-15-12-9-6-3)63-57(60)51-48-45-42-39-36-34-32-29-27-25-23-20-17-14-11-8-5-2/h10,13,16-17,19-20,22,24-28,30-31,54H,4-9,11-12,14-15,18,21,23,29,32-53H2,1-3H3/b13-10-,19-16-,20-17-,24-22-,27-25-,28-26-,31-30-. The first-order chi connectivity index (χ1) is 31.0. The zero-order valence-electron chi connectivity index (χ0n) is 41.1. The summed E-state index contributed by atoms with van der Waals surface area (Å²) in [4.78, 5) is 38.0. The van der Waals surface area contributed by atoms with Gasteiger partial charge in [-0.2, -0.15) is 0 Å². The van der Waals surface area contributed by atoms with Gasteiger partial charge < -0.3 is 14.2 Å². The molecule has 63 heavy (non-hydrogen) atoms. The molecule has 0 spiro atoms. The fourth-order valence-corrected chi connectivity index (χ4v) is 7.03. The maximum absolute atomic E-state index is 12.8. The molecule has 1 unspecified atom stereocenters. The average molecular weight is 877 g/mol. The van der Waals surface area contributed by atoms with Gasteiger partial charge in [0.25, 0.3) is 0 Å². The summed E-state index contributed by atoms with van der Waals surface area (Å²) >= 11 is 0. The highest BCUT2D eigenvalue weighted by atomic mass is 16.6. The van der Waals surface area contributed by atoms with Crippen LogP contribution in [-0.2, 0) is 28.6 Å². The van der Waals surface area contributed by atoms with Crippen molar-refractivity contribution in [2.45, 2.75) is 245 Å². The van der Waals surface area contributed by atoms with Crippen LogP contribution in [0.25, 0.3) is 0 Å². The molecule has 0 aromatic carbocycles. The van der Waals surface area contributed by atoms with E-state index in [1.54, 1.807) is 0 Å². The van der Waals surface area contributed by atoms with Gasteiger partial charge >= 0.3 is 17.9 Å². The van der Waals surface area contributed by atoms with Gasteiger partial charge in [0.1, 0.15) is 13.2 Å². The first-order valence-electron chi connectivity index (χ1n) is 26.2. The molecule has 0 aromatic rings. The SMILES string of the molecule is CCC\C=C/C=C\C=C/C=C\C=C/CCCCCCCC(=O)OCC(COC(=O)CCCCCCCCCCCC)OC(=O)CCCCCCCCC/C=C\C/C=C\CCCCC. The lowest BCUT2D eigenvalue weighted by molar-refractivity contribution is -0.167. The van der Waals surface area contributed by atoms with E-state index in [-0.39, 0.29) is 31.1 Å². The van der Waals surface area contributed by atoms with Gasteiger partial charge in [0.15, 0.2) is 6.10 Å². The summed E-state index contributed by atoms with van der Waals surface area (Å²) in [7, 11) is 0. The van der Waals surface area contributed by atoms with Crippen molar-refractivity contribution in [2.24, 2.45) is 0 Å². The molecule has 0 aliphatic rings. The summed E-state index contributed by atoms with van der Waals surface area (Å²) in [5.74, 6) is -0.922. The van der Waals surface area contributed by atoms with Crippen LogP contribution in [0, 0.1) is 0 Å². The molecule has 0 heterocycles. The topological polar surface area (TPSA) is 78.9 Å². The number of hydrogen-bond acceptors (Lipinski definition) is 6. The highest BCUT2D eigenvalue weighted by Gasteiger charge is 2.19. The van der Waals surface area contributed by atoms with Gasteiger partial charge in [0.2, 0.25) is 0 Å². The molecule has 0 radical (unpaired) electrons. The second-order valence-electron chi connectivity index (χ2n) is 17.2. The van der Waals surface area contributed by atoms with Crippen LogP contribution in [0.4, 0.5) is 0 Å². The van der Waals surface area contributed by atoms with Crippen molar-refractivity contribution in [1.29, 1.82) is 0 Å². The molecule has 0 saturated carbocycles. The van der Waals surface area contributed by atoms with Crippen LogP contribution in [0.15, 0.2) is 85.1 Å². The maximum atomic E-state index is 12.8. The third kappa shape index (κ3) is 49.5. The van der Waals surface area contributed by atoms with Crippen molar-refractivity contribution >= 4 is 17.9 Å². The van der Waals surface area contributed by atoms with Crippen molar-refractivity contribution in [3.05, 3.63) is 85.1 Å². The van der Waals surface area contributed by atoms with Crippen LogP contribution in [0.2, 0.25) is 0 Å². The minimum Gasteiger partial charge on any atom is -0.462 e. The predicted octanol–water partition coefficient (Wildman–Crippen LogP) is 17.2. The predicted molar refractivity (Wildman–Crippen MR) is 270 cm³/mol. The average Bonchev–Trinajstić information content (AvgIpc) is 3.28. The lowest BCUT2D eigenvalue weighted by Crippen LogP contribution is -2.30. The molecule has 0 aliphatic carbocycles. The molecule has 6 nitrogen and oxygen atoms in total. The Balaban J connectivity index is 4.42. The van der Waals surface area contributed by atoms with Crippen molar-refractivity contribution in [3.8, 4) is 0 Å². The van der Waals surface area contributed by atoms with E-state index in [0.717, 1.165) is 96.3 Å². The van der Waals surface area contributed by atoms with E-state index in [4.69, 9.17) is 14.2 Å². The third-order valence-electron chi connectivity index (χ3n) is 11.0. The van der Waals surface area contributed by atoms with E-state index in [2.05, 4.69) is 81.5 Å². The number of hydrogen-bond donors (Lipinski definition) is 0. The van der Waals surface area contributed by atoms with Gasteiger partial charge in [-0.25, -0.2) is 0 Å². The number of ether oxygens (including phenoxy) is 3. The van der Waals surface area contributed by atoms with Crippen molar-refractivity contribution in [3.63, 3.8) is 0 Å². The van der Waals surface area contributed by atoms with E-state index in [1.807, 2.05) is 24.3 Å². The van der Waals surface area contributed by atoms with E-state index in [1.165, 1.54) is 103 Å². The van der Waals surface area contributed by atoms with Gasteiger partial charge in [-0.3, -0.25) is 14.4 Å². The van der Waals surface area contributed by atoms with Crippen molar-refractivity contribution < 1.29 is 28.6 Å². The Bertz CT molecular complexity index is 1240. The number of carbonyl (C=O) groups is 3. The molecule has 0 bridgehead atoms. The first kappa shape index (κ1) is 59.6. The fourth-order valence-electron chi connectivity index (χ4n) is 7.03. The van der Waals surface area contributed by atoms with Crippen LogP contribution in [0.5, 0.6) is 0 Å². The normalized spacial score (nSPS) is 12.7. The van der Waals surface area contributed by atoms with Gasteiger partial charge in [0, 0.05) is 19.3 Å². The number of allylic oxidation sites excluding steroid dienone is 14. The smallest absolute Gasteiger partial charge is 0.306 e. The Morgan fingerprint density at radius 1 is 0.333 bits per heavy atom.